The molecule has 78 valence electrons. The number of hydrogen-bond acceptors (Lipinski definition) is 1. The van der Waals surface area contributed by atoms with Crippen LogP contribution in [0.4, 0.5) is 5.69 Å². The van der Waals surface area contributed by atoms with Crippen LogP contribution in [0.15, 0.2) is 30.3 Å². The second-order valence-electron chi connectivity index (χ2n) is 3.13. The maximum Gasteiger partial charge on any atom is 0.227 e. The molecule has 0 aliphatic heterocycles. The van der Waals surface area contributed by atoms with E-state index in [-0.39, 0.29) is 13.3 Å². The third-order valence-electron chi connectivity index (χ3n) is 1.99. The SMILES string of the molecule is CC.O=C(Nc1ccccc1)C1CC1.[HH]. The number of nitrogens with one attached hydrogen (secondary N) is 1. The van der Waals surface area contributed by atoms with Crippen molar-refractivity contribution >= 4 is 11.6 Å². The third kappa shape index (κ3) is 3.21. The quantitative estimate of drug-likeness (QED) is 0.767. The fraction of sp³-hybridized carbons (Fsp3) is 0.417. The first-order chi connectivity index (χ1) is 6.86. The van der Waals surface area contributed by atoms with E-state index in [1.165, 1.54) is 0 Å². The first-order valence-electron chi connectivity index (χ1n) is 5.22. The van der Waals surface area contributed by atoms with E-state index in [2.05, 4.69) is 5.32 Å². The van der Waals surface area contributed by atoms with Crippen LogP contribution in [0.3, 0.4) is 0 Å². The Hall–Kier alpha value is -1.31. The Morgan fingerprint density at radius 1 is 1.29 bits per heavy atom. The molecular formula is C12H19NO. The zero-order chi connectivity index (χ0) is 10.4. The second kappa shape index (κ2) is 5.43. The van der Waals surface area contributed by atoms with Gasteiger partial charge in [0.15, 0.2) is 0 Å². The van der Waals surface area contributed by atoms with Crippen LogP contribution in [0.1, 0.15) is 28.1 Å². The summed E-state index contributed by atoms with van der Waals surface area (Å²) in [6, 6.07) is 9.58. The molecule has 0 radical (unpaired) electrons. The fourth-order valence-corrected chi connectivity index (χ4v) is 1.11. The molecule has 0 unspecified atom stereocenters. The number of para-hydroxylation sites is 1. The summed E-state index contributed by atoms with van der Waals surface area (Å²) in [6.45, 7) is 4.00. The van der Waals surface area contributed by atoms with E-state index in [0.29, 0.717) is 0 Å². The second-order valence-corrected chi connectivity index (χ2v) is 3.13. The largest absolute Gasteiger partial charge is 0.326 e. The Balaban J connectivity index is 0.000000617. The molecule has 1 aromatic rings. The fourth-order valence-electron chi connectivity index (χ4n) is 1.11. The Bertz CT molecular complexity index is 283. The predicted molar refractivity (Wildman–Crippen MR) is 61.3 cm³/mol. The highest BCUT2D eigenvalue weighted by molar-refractivity contribution is 5.93. The number of anilines is 1. The summed E-state index contributed by atoms with van der Waals surface area (Å²) in [5, 5.41) is 2.86. The standard InChI is InChI=1S/C10H11NO.C2H6.H2/c12-10(8-6-7-8)11-9-4-2-1-3-5-9;1-2;/h1-5,8H,6-7H2,(H,11,12);1-2H3;1H. The van der Waals surface area contributed by atoms with Gasteiger partial charge in [0, 0.05) is 13.0 Å². The van der Waals surface area contributed by atoms with Gasteiger partial charge in [0.25, 0.3) is 0 Å². The summed E-state index contributed by atoms with van der Waals surface area (Å²) < 4.78 is 0. The molecule has 2 rings (SSSR count). The normalized spacial score (nSPS) is 13.9. The van der Waals surface area contributed by atoms with Crippen molar-refractivity contribution in [2.24, 2.45) is 5.92 Å². The van der Waals surface area contributed by atoms with E-state index in [1.807, 2.05) is 44.2 Å². The number of benzene rings is 1. The van der Waals surface area contributed by atoms with Gasteiger partial charge in [0.1, 0.15) is 0 Å². The van der Waals surface area contributed by atoms with Crippen molar-refractivity contribution in [2.45, 2.75) is 26.7 Å². The molecule has 1 amide bonds. The molecule has 1 saturated carbocycles. The van der Waals surface area contributed by atoms with E-state index in [1.54, 1.807) is 0 Å². The zero-order valence-corrected chi connectivity index (χ0v) is 8.79. The summed E-state index contributed by atoms with van der Waals surface area (Å²) in [5.41, 5.74) is 0.898. The minimum absolute atomic E-state index is 0. The Morgan fingerprint density at radius 2 is 1.86 bits per heavy atom. The molecule has 0 spiro atoms. The van der Waals surface area contributed by atoms with Gasteiger partial charge in [-0.1, -0.05) is 32.0 Å². The van der Waals surface area contributed by atoms with Crippen LogP contribution in [0, 0.1) is 5.92 Å². The maximum absolute atomic E-state index is 11.3. The minimum Gasteiger partial charge on any atom is -0.326 e. The van der Waals surface area contributed by atoms with Crippen molar-refractivity contribution in [2.75, 3.05) is 5.32 Å². The molecule has 0 heterocycles. The van der Waals surface area contributed by atoms with Crippen LogP contribution in [0.5, 0.6) is 0 Å². The van der Waals surface area contributed by atoms with E-state index in [4.69, 9.17) is 0 Å². The van der Waals surface area contributed by atoms with Crippen molar-refractivity contribution in [3.63, 3.8) is 0 Å². The molecule has 14 heavy (non-hydrogen) atoms. The highest BCUT2D eigenvalue weighted by Crippen LogP contribution is 2.29. The predicted octanol–water partition coefficient (Wildman–Crippen LogP) is 3.31. The van der Waals surface area contributed by atoms with Gasteiger partial charge >= 0.3 is 0 Å². The average Bonchev–Trinajstić information content (AvgIpc) is 3.05. The van der Waals surface area contributed by atoms with Gasteiger partial charge in [-0.15, -0.1) is 0 Å². The molecule has 0 saturated heterocycles. The van der Waals surface area contributed by atoms with Crippen LogP contribution < -0.4 is 5.32 Å². The minimum atomic E-state index is 0. The molecule has 0 bridgehead atoms. The number of carbonyl (C=O) groups excluding carboxylic acids is 1. The van der Waals surface area contributed by atoms with Gasteiger partial charge in [0.2, 0.25) is 5.91 Å². The number of hydrogen-bond donors (Lipinski definition) is 1. The van der Waals surface area contributed by atoms with Crippen LogP contribution in [0.2, 0.25) is 0 Å². The first kappa shape index (κ1) is 10.8. The molecule has 2 nitrogen and oxygen atoms in total. The molecule has 0 aromatic heterocycles. The van der Waals surface area contributed by atoms with Crippen LogP contribution in [-0.4, -0.2) is 5.91 Å². The maximum atomic E-state index is 11.3. The summed E-state index contributed by atoms with van der Waals surface area (Å²) in [5.74, 6) is 0.450. The number of rotatable bonds is 2. The number of amides is 1. The van der Waals surface area contributed by atoms with E-state index in [0.717, 1.165) is 18.5 Å². The van der Waals surface area contributed by atoms with E-state index >= 15 is 0 Å². The van der Waals surface area contributed by atoms with E-state index < -0.39 is 0 Å². The molecule has 2 heteroatoms. The highest BCUT2D eigenvalue weighted by Gasteiger charge is 2.29. The van der Waals surface area contributed by atoms with Crippen LogP contribution >= 0.6 is 0 Å². The van der Waals surface area contributed by atoms with Crippen LogP contribution in [-0.2, 0) is 4.79 Å². The summed E-state index contributed by atoms with van der Waals surface area (Å²) in [7, 11) is 0. The number of carbonyl (C=O) groups is 1. The van der Waals surface area contributed by atoms with Crippen molar-refractivity contribution in [3.8, 4) is 0 Å². The monoisotopic (exact) mass is 193 g/mol. The zero-order valence-electron chi connectivity index (χ0n) is 8.79. The lowest BCUT2D eigenvalue weighted by Crippen LogP contribution is -2.12. The third-order valence-corrected chi connectivity index (χ3v) is 1.99. The Kier molecular flexibility index (Phi) is 4.17. The molecule has 1 aliphatic rings. The molecule has 1 aliphatic carbocycles. The molecule has 1 fully saturated rings. The Morgan fingerprint density at radius 3 is 2.36 bits per heavy atom. The molecule has 1 aromatic carbocycles. The summed E-state index contributed by atoms with van der Waals surface area (Å²) in [4.78, 5) is 11.3. The van der Waals surface area contributed by atoms with Crippen molar-refractivity contribution < 1.29 is 6.22 Å². The first-order valence-corrected chi connectivity index (χ1v) is 5.22. The van der Waals surface area contributed by atoms with Gasteiger partial charge in [-0.2, -0.15) is 0 Å². The summed E-state index contributed by atoms with van der Waals surface area (Å²) >= 11 is 0. The lowest BCUT2D eigenvalue weighted by Gasteiger charge is -2.01. The Labute approximate surface area is 86.8 Å². The average molecular weight is 193 g/mol. The van der Waals surface area contributed by atoms with E-state index in [9.17, 15) is 4.79 Å². The molecular weight excluding hydrogens is 174 g/mol. The highest BCUT2D eigenvalue weighted by atomic mass is 16.2. The molecule has 0 atom stereocenters. The lowest BCUT2D eigenvalue weighted by molar-refractivity contribution is -0.117. The van der Waals surface area contributed by atoms with Gasteiger partial charge in [-0.3, -0.25) is 4.79 Å². The van der Waals surface area contributed by atoms with Gasteiger partial charge in [-0.05, 0) is 25.0 Å². The van der Waals surface area contributed by atoms with Crippen molar-refractivity contribution in [3.05, 3.63) is 30.3 Å². The molecule has 1 N–H and O–H groups in total. The topological polar surface area (TPSA) is 29.1 Å². The smallest absolute Gasteiger partial charge is 0.227 e. The van der Waals surface area contributed by atoms with Crippen molar-refractivity contribution in [1.29, 1.82) is 0 Å². The summed E-state index contributed by atoms with van der Waals surface area (Å²) in [6.07, 6.45) is 2.11. The van der Waals surface area contributed by atoms with Gasteiger partial charge in [-0.25, -0.2) is 0 Å². The van der Waals surface area contributed by atoms with Crippen molar-refractivity contribution in [1.82, 2.24) is 0 Å². The van der Waals surface area contributed by atoms with Gasteiger partial charge in [0.05, 0.1) is 0 Å². The van der Waals surface area contributed by atoms with Crippen LogP contribution in [0.25, 0.3) is 0 Å². The van der Waals surface area contributed by atoms with Gasteiger partial charge < -0.3 is 5.32 Å². The lowest BCUT2D eigenvalue weighted by atomic mass is 10.3.